The normalized spacial score (nSPS) is 15.3. The van der Waals surface area contributed by atoms with E-state index < -0.39 is 0 Å². The zero-order valence-corrected chi connectivity index (χ0v) is 10.5. The van der Waals surface area contributed by atoms with Crippen LogP contribution in [0.3, 0.4) is 0 Å². The summed E-state index contributed by atoms with van der Waals surface area (Å²) in [5.41, 5.74) is 5.31. The smallest absolute Gasteiger partial charge is 0.144 e. The van der Waals surface area contributed by atoms with Gasteiger partial charge in [0.05, 0.1) is 0 Å². The molecule has 15 heavy (non-hydrogen) atoms. The van der Waals surface area contributed by atoms with Gasteiger partial charge in [0.1, 0.15) is 5.84 Å². The maximum Gasteiger partial charge on any atom is 0.144 e. The average Bonchev–Trinajstić information content (AvgIpc) is 2.16. The molecule has 0 saturated heterocycles. The largest absolute Gasteiger partial charge is 0.409 e. The van der Waals surface area contributed by atoms with Gasteiger partial charge in [0, 0.05) is 17.3 Å². The standard InChI is InChI=1S/C10H22N2O2S/c1-8(4-6-13)15-7-5-10(2,3)9(11)12-14/h8,13-14H,4-7H2,1-3H3,(H2,11,12). The molecule has 0 heterocycles. The molecule has 0 aromatic carbocycles. The van der Waals surface area contributed by atoms with Crippen molar-refractivity contribution in [1.29, 1.82) is 0 Å². The van der Waals surface area contributed by atoms with E-state index in [1.165, 1.54) is 0 Å². The summed E-state index contributed by atoms with van der Waals surface area (Å²) in [6, 6.07) is 0. The van der Waals surface area contributed by atoms with Crippen LogP contribution < -0.4 is 5.73 Å². The minimum Gasteiger partial charge on any atom is -0.409 e. The molecule has 0 amide bonds. The number of rotatable bonds is 7. The molecule has 0 rings (SSSR count). The van der Waals surface area contributed by atoms with Gasteiger partial charge in [0.2, 0.25) is 0 Å². The van der Waals surface area contributed by atoms with Gasteiger partial charge < -0.3 is 16.0 Å². The number of nitrogens with two attached hydrogens (primary N) is 1. The minimum atomic E-state index is -0.263. The number of aliphatic hydroxyl groups excluding tert-OH is 1. The van der Waals surface area contributed by atoms with Gasteiger partial charge in [0.15, 0.2) is 0 Å². The summed E-state index contributed by atoms with van der Waals surface area (Å²) < 4.78 is 0. The predicted molar refractivity (Wildman–Crippen MR) is 65.4 cm³/mol. The third kappa shape index (κ3) is 5.89. The van der Waals surface area contributed by atoms with Crippen molar-refractivity contribution in [3.05, 3.63) is 0 Å². The lowest BCUT2D eigenvalue weighted by Gasteiger charge is -2.23. The van der Waals surface area contributed by atoms with Crippen molar-refractivity contribution in [2.75, 3.05) is 12.4 Å². The van der Waals surface area contributed by atoms with Crippen molar-refractivity contribution in [3.8, 4) is 0 Å². The summed E-state index contributed by atoms with van der Waals surface area (Å²) >= 11 is 1.80. The van der Waals surface area contributed by atoms with Crippen LogP contribution in [0.1, 0.15) is 33.6 Å². The number of hydrogen-bond donors (Lipinski definition) is 3. The molecular formula is C10H22N2O2S. The fourth-order valence-electron chi connectivity index (χ4n) is 1.04. The summed E-state index contributed by atoms with van der Waals surface area (Å²) in [5.74, 6) is 1.22. The Bertz CT molecular complexity index is 208. The Kier molecular flexibility index (Phi) is 6.76. The zero-order valence-electron chi connectivity index (χ0n) is 9.73. The summed E-state index contributed by atoms with van der Waals surface area (Å²) in [6.07, 6.45) is 1.68. The number of thioether (sulfide) groups is 1. The van der Waals surface area contributed by atoms with Crippen LogP contribution >= 0.6 is 11.8 Å². The fourth-order valence-corrected chi connectivity index (χ4v) is 2.35. The van der Waals surface area contributed by atoms with E-state index in [2.05, 4.69) is 12.1 Å². The van der Waals surface area contributed by atoms with Crippen molar-refractivity contribution < 1.29 is 10.3 Å². The van der Waals surface area contributed by atoms with E-state index in [1.807, 2.05) is 13.8 Å². The molecule has 0 aliphatic rings. The molecule has 0 bridgehead atoms. The van der Waals surface area contributed by atoms with Gasteiger partial charge in [-0.2, -0.15) is 11.8 Å². The molecule has 0 saturated carbocycles. The van der Waals surface area contributed by atoms with E-state index in [9.17, 15) is 0 Å². The van der Waals surface area contributed by atoms with Gasteiger partial charge in [-0.15, -0.1) is 0 Å². The molecule has 0 fully saturated rings. The summed E-state index contributed by atoms with van der Waals surface area (Å²) in [4.78, 5) is 0. The second kappa shape index (κ2) is 6.95. The summed E-state index contributed by atoms with van der Waals surface area (Å²) in [7, 11) is 0. The van der Waals surface area contributed by atoms with Gasteiger partial charge in [-0.05, 0) is 18.6 Å². The first-order valence-corrected chi connectivity index (χ1v) is 6.19. The second-order valence-electron chi connectivity index (χ2n) is 4.31. The highest BCUT2D eigenvalue weighted by Crippen LogP contribution is 2.25. The highest BCUT2D eigenvalue weighted by Gasteiger charge is 2.23. The average molecular weight is 234 g/mol. The van der Waals surface area contributed by atoms with Gasteiger partial charge in [-0.3, -0.25) is 0 Å². The van der Waals surface area contributed by atoms with Gasteiger partial charge in [-0.1, -0.05) is 25.9 Å². The highest BCUT2D eigenvalue weighted by molar-refractivity contribution is 7.99. The first-order chi connectivity index (χ1) is 6.94. The molecule has 0 radical (unpaired) electrons. The molecule has 0 spiro atoms. The summed E-state index contributed by atoms with van der Waals surface area (Å²) in [5, 5.41) is 20.8. The molecule has 0 aromatic rings. The van der Waals surface area contributed by atoms with Crippen LogP contribution in [0.2, 0.25) is 0 Å². The molecule has 0 aliphatic carbocycles. The molecule has 1 unspecified atom stereocenters. The Morgan fingerprint density at radius 2 is 2.13 bits per heavy atom. The van der Waals surface area contributed by atoms with E-state index in [0.29, 0.717) is 5.25 Å². The van der Waals surface area contributed by atoms with E-state index in [0.717, 1.165) is 18.6 Å². The fraction of sp³-hybridized carbons (Fsp3) is 0.900. The van der Waals surface area contributed by atoms with Crippen molar-refractivity contribution >= 4 is 17.6 Å². The Morgan fingerprint density at radius 1 is 1.53 bits per heavy atom. The summed E-state index contributed by atoms with van der Waals surface area (Å²) in [6.45, 7) is 6.24. The number of amidine groups is 1. The molecule has 5 heteroatoms. The van der Waals surface area contributed by atoms with Crippen molar-refractivity contribution in [2.24, 2.45) is 16.3 Å². The number of hydrogen-bond acceptors (Lipinski definition) is 4. The van der Waals surface area contributed by atoms with Crippen molar-refractivity contribution in [2.45, 2.75) is 38.9 Å². The minimum absolute atomic E-state index is 0.234. The first kappa shape index (κ1) is 14.6. The van der Waals surface area contributed by atoms with E-state index in [1.54, 1.807) is 11.8 Å². The Hall–Kier alpha value is -0.420. The zero-order chi connectivity index (χ0) is 11.9. The quantitative estimate of drug-likeness (QED) is 0.271. The maximum atomic E-state index is 8.74. The van der Waals surface area contributed by atoms with Crippen LogP contribution in [0, 0.1) is 5.41 Å². The molecule has 0 aliphatic heterocycles. The third-order valence-corrected chi connectivity index (χ3v) is 3.71. The second-order valence-corrected chi connectivity index (χ2v) is 5.86. The van der Waals surface area contributed by atoms with E-state index in [4.69, 9.17) is 16.0 Å². The van der Waals surface area contributed by atoms with Gasteiger partial charge in [-0.25, -0.2) is 0 Å². The molecule has 4 N–H and O–H groups in total. The lowest BCUT2D eigenvalue weighted by Crippen LogP contribution is -2.32. The lowest BCUT2D eigenvalue weighted by atomic mass is 9.89. The van der Waals surface area contributed by atoms with Crippen LogP contribution in [0.15, 0.2) is 5.16 Å². The number of nitrogens with zero attached hydrogens (tertiary/aromatic N) is 1. The van der Waals surface area contributed by atoms with Gasteiger partial charge >= 0.3 is 0 Å². The molecule has 0 aromatic heterocycles. The van der Waals surface area contributed by atoms with Crippen LogP contribution in [0.4, 0.5) is 0 Å². The van der Waals surface area contributed by atoms with Crippen LogP contribution in [0.25, 0.3) is 0 Å². The van der Waals surface area contributed by atoms with Crippen LogP contribution in [-0.4, -0.2) is 33.8 Å². The Morgan fingerprint density at radius 3 is 2.60 bits per heavy atom. The topological polar surface area (TPSA) is 78.8 Å². The monoisotopic (exact) mass is 234 g/mol. The molecule has 1 atom stereocenters. The maximum absolute atomic E-state index is 8.74. The van der Waals surface area contributed by atoms with E-state index in [-0.39, 0.29) is 17.9 Å². The molecule has 90 valence electrons. The Balaban J connectivity index is 3.85. The number of oxime groups is 1. The SMILES string of the molecule is CC(CCO)SCCC(C)(C)C(N)=NO. The van der Waals surface area contributed by atoms with Crippen LogP contribution in [-0.2, 0) is 0 Å². The van der Waals surface area contributed by atoms with Crippen molar-refractivity contribution in [3.63, 3.8) is 0 Å². The molecule has 4 nitrogen and oxygen atoms in total. The van der Waals surface area contributed by atoms with Gasteiger partial charge in [0.25, 0.3) is 0 Å². The third-order valence-electron chi connectivity index (χ3n) is 2.47. The first-order valence-electron chi connectivity index (χ1n) is 5.14. The van der Waals surface area contributed by atoms with Crippen LogP contribution in [0.5, 0.6) is 0 Å². The lowest BCUT2D eigenvalue weighted by molar-refractivity contribution is 0.289. The van der Waals surface area contributed by atoms with E-state index >= 15 is 0 Å². The number of aliphatic hydroxyl groups is 1. The highest BCUT2D eigenvalue weighted by atomic mass is 32.2. The Labute approximate surface area is 95.9 Å². The van der Waals surface area contributed by atoms with Crippen molar-refractivity contribution in [1.82, 2.24) is 0 Å². The predicted octanol–water partition coefficient (Wildman–Crippen LogP) is 1.65. The molecular weight excluding hydrogens is 212 g/mol.